The van der Waals surface area contributed by atoms with Crippen LogP contribution >= 0.6 is 0 Å². The zero-order valence-electron chi connectivity index (χ0n) is 15.4. The molecule has 2 aromatic rings. The number of benzene rings is 2. The highest BCUT2D eigenvalue weighted by atomic mass is 32.2. The summed E-state index contributed by atoms with van der Waals surface area (Å²) in [6.07, 6.45) is -3.80. The molecule has 1 atom stereocenters. The topological polar surface area (TPSA) is 75.7 Å². The zero-order chi connectivity index (χ0) is 21.2. The van der Waals surface area contributed by atoms with Crippen molar-refractivity contribution in [1.82, 2.24) is 4.31 Å². The van der Waals surface area contributed by atoms with Gasteiger partial charge in [-0.15, -0.1) is 0 Å². The maximum atomic E-state index is 12.9. The van der Waals surface area contributed by atoms with E-state index < -0.39 is 33.7 Å². The number of nitrogens with one attached hydrogen (secondary N) is 1. The van der Waals surface area contributed by atoms with E-state index in [1.54, 1.807) is 0 Å². The van der Waals surface area contributed by atoms with E-state index in [9.17, 15) is 26.4 Å². The number of hydrogen-bond donors (Lipinski definition) is 1. The monoisotopic (exact) mass is 428 g/mol. The molecule has 1 saturated heterocycles. The van der Waals surface area contributed by atoms with Crippen molar-refractivity contribution in [2.45, 2.75) is 30.0 Å². The molecule has 1 fully saturated rings. The van der Waals surface area contributed by atoms with Crippen molar-refractivity contribution in [3.05, 3.63) is 54.1 Å². The molecular weight excluding hydrogens is 409 g/mol. The molecule has 1 N–H and O–H groups in total. The number of halogens is 3. The summed E-state index contributed by atoms with van der Waals surface area (Å²) in [4.78, 5) is 12.7. The van der Waals surface area contributed by atoms with Crippen molar-refractivity contribution in [3.63, 3.8) is 0 Å². The zero-order valence-corrected chi connectivity index (χ0v) is 16.3. The van der Waals surface area contributed by atoms with Crippen molar-refractivity contribution in [3.8, 4) is 5.75 Å². The van der Waals surface area contributed by atoms with Crippen molar-refractivity contribution < 1.29 is 31.1 Å². The molecule has 1 aliphatic heterocycles. The summed E-state index contributed by atoms with van der Waals surface area (Å²) in [5.74, 6) is -0.178. The molecule has 0 spiro atoms. The number of carbonyl (C=O) groups excluding carboxylic acids is 1. The number of nitrogens with zero attached hydrogens (tertiary/aromatic N) is 1. The third kappa shape index (κ3) is 4.54. The van der Waals surface area contributed by atoms with E-state index in [0.717, 1.165) is 16.4 Å². The quantitative estimate of drug-likeness (QED) is 0.791. The first-order chi connectivity index (χ1) is 13.6. The van der Waals surface area contributed by atoms with Crippen molar-refractivity contribution >= 4 is 21.6 Å². The van der Waals surface area contributed by atoms with E-state index >= 15 is 0 Å². The number of amides is 1. The molecule has 10 heteroatoms. The van der Waals surface area contributed by atoms with Gasteiger partial charge in [-0.3, -0.25) is 4.79 Å². The summed E-state index contributed by atoms with van der Waals surface area (Å²) in [7, 11) is -2.49. The average Bonchev–Trinajstić information content (AvgIpc) is 3.18. The predicted molar refractivity (Wildman–Crippen MR) is 100.0 cm³/mol. The first kappa shape index (κ1) is 21.1. The third-order valence-electron chi connectivity index (χ3n) is 4.63. The van der Waals surface area contributed by atoms with Crippen LogP contribution in [0.5, 0.6) is 5.75 Å². The first-order valence-electron chi connectivity index (χ1n) is 8.77. The smallest absolute Gasteiger partial charge is 0.416 e. The third-order valence-corrected chi connectivity index (χ3v) is 6.55. The number of alkyl halides is 3. The number of carbonyl (C=O) groups is 1. The standard InChI is InChI=1S/C19H19F3N2O4S/c1-28-15-7-9-16(10-8-15)29(26,27)24-11-3-6-17(24)18(25)23-14-5-2-4-13(12-14)19(20,21)22/h2,4-5,7-10,12,17H,3,6,11H2,1H3,(H,23,25)/t17-/m1/s1. The maximum Gasteiger partial charge on any atom is 0.416 e. The predicted octanol–water partition coefficient (Wildman–Crippen LogP) is 3.51. The second-order valence-corrected chi connectivity index (χ2v) is 8.41. The van der Waals surface area contributed by atoms with Crippen LogP contribution in [0, 0.1) is 0 Å². The Kier molecular flexibility index (Phi) is 5.85. The van der Waals surface area contributed by atoms with Gasteiger partial charge in [0.25, 0.3) is 0 Å². The van der Waals surface area contributed by atoms with Gasteiger partial charge in [-0.1, -0.05) is 6.07 Å². The second-order valence-electron chi connectivity index (χ2n) is 6.52. The van der Waals surface area contributed by atoms with Crippen LogP contribution in [0.25, 0.3) is 0 Å². The number of rotatable bonds is 5. The van der Waals surface area contributed by atoms with Crippen LogP contribution in [-0.2, 0) is 21.0 Å². The summed E-state index contributed by atoms with van der Waals surface area (Å²) >= 11 is 0. The molecule has 0 saturated carbocycles. The van der Waals surface area contributed by atoms with Gasteiger partial charge in [-0.25, -0.2) is 8.42 Å². The maximum absolute atomic E-state index is 12.9. The molecule has 1 amide bonds. The summed E-state index contributed by atoms with van der Waals surface area (Å²) in [6, 6.07) is 8.98. The average molecular weight is 428 g/mol. The second kappa shape index (κ2) is 8.03. The highest BCUT2D eigenvalue weighted by Crippen LogP contribution is 2.31. The molecule has 1 aliphatic rings. The van der Waals surface area contributed by atoms with Gasteiger partial charge in [-0.2, -0.15) is 17.5 Å². The molecular formula is C19H19F3N2O4S. The largest absolute Gasteiger partial charge is 0.497 e. The lowest BCUT2D eigenvalue weighted by Crippen LogP contribution is -2.43. The lowest BCUT2D eigenvalue weighted by molar-refractivity contribution is -0.137. The number of sulfonamides is 1. The summed E-state index contributed by atoms with van der Waals surface area (Å²) in [6.45, 7) is 0.148. The normalized spacial score (nSPS) is 17.9. The van der Waals surface area contributed by atoms with Gasteiger partial charge < -0.3 is 10.1 Å². The van der Waals surface area contributed by atoms with Gasteiger partial charge in [0.05, 0.1) is 17.6 Å². The molecule has 0 aromatic heterocycles. The van der Waals surface area contributed by atoms with E-state index in [0.29, 0.717) is 12.2 Å². The lowest BCUT2D eigenvalue weighted by atomic mass is 10.1. The molecule has 156 valence electrons. The summed E-state index contributed by atoms with van der Waals surface area (Å²) in [5, 5.41) is 2.40. The SMILES string of the molecule is COc1ccc(S(=O)(=O)N2CCC[C@@H]2C(=O)Nc2cccc(C(F)(F)F)c2)cc1. The van der Waals surface area contributed by atoms with Crippen molar-refractivity contribution in [2.24, 2.45) is 0 Å². The van der Waals surface area contributed by atoms with Crippen LogP contribution in [0.2, 0.25) is 0 Å². The number of hydrogen-bond acceptors (Lipinski definition) is 4. The van der Waals surface area contributed by atoms with Crippen molar-refractivity contribution in [1.29, 1.82) is 0 Å². The Balaban J connectivity index is 1.80. The minimum atomic E-state index is -4.54. The lowest BCUT2D eigenvalue weighted by Gasteiger charge is -2.23. The van der Waals surface area contributed by atoms with Crippen LogP contribution in [0.4, 0.5) is 18.9 Å². The summed E-state index contributed by atoms with van der Waals surface area (Å²) in [5.41, 5.74) is -0.942. The van der Waals surface area contributed by atoms with E-state index in [1.807, 2.05) is 0 Å². The number of methoxy groups -OCH3 is 1. The van der Waals surface area contributed by atoms with Crippen molar-refractivity contribution in [2.75, 3.05) is 19.0 Å². The van der Waals surface area contributed by atoms with Gasteiger partial charge in [0, 0.05) is 12.2 Å². The van der Waals surface area contributed by atoms with Crippen LogP contribution in [0.15, 0.2) is 53.4 Å². The van der Waals surface area contributed by atoms with Crippen LogP contribution in [0.1, 0.15) is 18.4 Å². The fraction of sp³-hybridized carbons (Fsp3) is 0.316. The molecule has 0 radical (unpaired) electrons. The highest BCUT2D eigenvalue weighted by Gasteiger charge is 2.39. The van der Waals surface area contributed by atoms with E-state index in [2.05, 4.69) is 5.32 Å². The van der Waals surface area contributed by atoms with Gasteiger partial charge in [0.1, 0.15) is 11.8 Å². The first-order valence-corrected chi connectivity index (χ1v) is 10.2. The van der Waals surface area contributed by atoms with Crippen LogP contribution in [-0.4, -0.2) is 38.3 Å². The number of ether oxygens (including phenoxy) is 1. The molecule has 29 heavy (non-hydrogen) atoms. The van der Waals surface area contributed by atoms with Crippen LogP contribution in [0.3, 0.4) is 0 Å². The fourth-order valence-corrected chi connectivity index (χ4v) is 4.83. The Bertz CT molecular complexity index is 991. The van der Waals surface area contributed by atoms with Gasteiger partial charge >= 0.3 is 6.18 Å². The Morgan fingerprint density at radius 3 is 2.48 bits per heavy atom. The van der Waals surface area contributed by atoms with E-state index in [1.165, 1.54) is 43.5 Å². The molecule has 0 unspecified atom stereocenters. The molecule has 3 rings (SSSR count). The Labute approximate surface area is 166 Å². The summed E-state index contributed by atoms with van der Waals surface area (Å²) < 4.78 is 70.6. The van der Waals surface area contributed by atoms with Crippen LogP contribution < -0.4 is 10.1 Å². The molecule has 6 nitrogen and oxygen atoms in total. The minimum absolute atomic E-state index is 0.0112. The Morgan fingerprint density at radius 1 is 1.17 bits per heavy atom. The highest BCUT2D eigenvalue weighted by molar-refractivity contribution is 7.89. The Hall–Kier alpha value is -2.59. The van der Waals surface area contributed by atoms with Gasteiger partial charge in [0.15, 0.2) is 0 Å². The molecule has 1 heterocycles. The van der Waals surface area contributed by atoms with Gasteiger partial charge in [-0.05, 0) is 55.3 Å². The fourth-order valence-electron chi connectivity index (χ4n) is 3.17. The number of anilines is 1. The molecule has 0 aliphatic carbocycles. The van der Waals surface area contributed by atoms with E-state index in [-0.39, 0.29) is 23.5 Å². The molecule has 0 bridgehead atoms. The minimum Gasteiger partial charge on any atom is -0.497 e. The molecule has 2 aromatic carbocycles. The van der Waals surface area contributed by atoms with E-state index in [4.69, 9.17) is 4.74 Å². The Morgan fingerprint density at radius 2 is 1.86 bits per heavy atom. The van der Waals surface area contributed by atoms with Gasteiger partial charge in [0.2, 0.25) is 15.9 Å².